The largest absolute Gasteiger partial charge is 0.231 e. The van der Waals surface area contributed by atoms with E-state index in [1.54, 1.807) is 0 Å². The van der Waals surface area contributed by atoms with Crippen LogP contribution >= 0.6 is 0 Å². The second kappa shape index (κ2) is 3.68. The van der Waals surface area contributed by atoms with Crippen molar-refractivity contribution in [3.8, 4) is 0 Å². The van der Waals surface area contributed by atoms with Crippen molar-refractivity contribution in [2.45, 2.75) is 0 Å². The number of nitrogens with two attached hydrogens (primary N) is 1. The summed E-state index contributed by atoms with van der Waals surface area (Å²) in [6.45, 7) is 0. The Morgan fingerprint density at radius 2 is 1.77 bits per heavy atom. The topological polar surface area (TPSA) is 60.2 Å². The zero-order chi connectivity index (χ0) is 9.90. The summed E-state index contributed by atoms with van der Waals surface area (Å²) in [5, 5.41) is 5.59. The fourth-order valence-electron chi connectivity index (χ4n) is 0.747. The van der Waals surface area contributed by atoms with Crippen molar-refractivity contribution in [2.24, 2.45) is 5.14 Å². The van der Waals surface area contributed by atoms with Gasteiger partial charge in [0.1, 0.15) is 5.82 Å². The van der Waals surface area contributed by atoms with Crippen molar-refractivity contribution in [1.29, 1.82) is 0 Å². The first-order valence-corrected chi connectivity index (χ1v) is 5.05. The van der Waals surface area contributed by atoms with E-state index in [1.165, 1.54) is 30.3 Å². The first-order chi connectivity index (χ1) is 5.97. The molecule has 0 saturated heterocycles. The molecule has 0 amide bonds. The zero-order valence-electron chi connectivity index (χ0n) is 6.64. The van der Waals surface area contributed by atoms with Crippen LogP contribution in [-0.4, -0.2) is 8.42 Å². The summed E-state index contributed by atoms with van der Waals surface area (Å²) < 4.78 is 33.4. The van der Waals surface area contributed by atoms with Crippen molar-refractivity contribution in [1.82, 2.24) is 0 Å². The Hall–Kier alpha value is -1.20. The average molecular weight is 201 g/mol. The number of rotatable bonds is 2. The average Bonchev–Trinajstić information content (AvgIpc) is 2.02. The Balaban J connectivity index is 2.88. The molecule has 0 saturated carbocycles. The molecular weight excluding hydrogens is 193 g/mol. The van der Waals surface area contributed by atoms with Gasteiger partial charge in [-0.15, -0.1) is 0 Å². The normalized spacial score (nSPS) is 12.2. The summed E-state index contributed by atoms with van der Waals surface area (Å²) in [6.07, 6.45) is 1.30. The summed E-state index contributed by atoms with van der Waals surface area (Å²) in [5.74, 6) is -0.368. The van der Waals surface area contributed by atoms with E-state index in [-0.39, 0.29) is 5.82 Å². The molecule has 70 valence electrons. The highest BCUT2D eigenvalue weighted by atomic mass is 32.2. The number of benzene rings is 1. The summed E-state index contributed by atoms with van der Waals surface area (Å²) in [5.41, 5.74) is 0.579. The first-order valence-electron chi connectivity index (χ1n) is 3.44. The van der Waals surface area contributed by atoms with Gasteiger partial charge in [-0.25, -0.2) is 17.9 Å². The molecule has 2 N–H and O–H groups in total. The van der Waals surface area contributed by atoms with E-state index in [9.17, 15) is 12.8 Å². The van der Waals surface area contributed by atoms with Crippen molar-refractivity contribution >= 4 is 16.1 Å². The molecule has 0 fully saturated rings. The highest BCUT2D eigenvalue weighted by Crippen LogP contribution is 2.04. The zero-order valence-corrected chi connectivity index (χ0v) is 7.46. The minimum Gasteiger partial charge on any atom is -0.225 e. The van der Waals surface area contributed by atoms with Crippen molar-refractivity contribution in [2.75, 3.05) is 0 Å². The standard InChI is InChI=1S/C8H8FNO2S/c9-8-3-1-7(2-4-8)5-6-13(10,11)12/h1-6H,(H2,10,11,12)/b6-5+. The second-order valence-corrected chi connectivity index (χ2v) is 3.89. The lowest BCUT2D eigenvalue weighted by Gasteiger charge is -1.91. The van der Waals surface area contributed by atoms with Crippen molar-refractivity contribution < 1.29 is 12.8 Å². The molecule has 0 atom stereocenters. The van der Waals surface area contributed by atoms with Crippen LogP contribution in [0.1, 0.15) is 5.56 Å². The van der Waals surface area contributed by atoms with Gasteiger partial charge >= 0.3 is 0 Å². The molecule has 0 radical (unpaired) electrons. The molecule has 1 aromatic rings. The molecule has 0 aliphatic heterocycles. The monoisotopic (exact) mass is 201 g/mol. The van der Waals surface area contributed by atoms with Gasteiger partial charge in [0.25, 0.3) is 0 Å². The second-order valence-electron chi connectivity index (χ2n) is 2.44. The molecule has 0 bridgehead atoms. The molecule has 3 nitrogen and oxygen atoms in total. The van der Waals surface area contributed by atoms with Gasteiger partial charge in [-0.1, -0.05) is 12.1 Å². The molecule has 13 heavy (non-hydrogen) atoms. The highest BCUT2D eigenvalue weighted by Gasteiger charge is 1.94. The van der Waals surface area contributed by atoms with Gasteiger partial charge in [0.15, 0.2) is 0 Å². The van der Waals surface area contributed by atoms with E-state index in [0.29, 0.717) is 5.56 Å². The van der Waals surface area contributed by atoms with Gasteiger partial charge in [0.2, 0.25) is 10.0 Å². The predicted molar refractivity (Wildman–Crippen MR) is 48.5 cm³/mol. The lowest BCUT2D eigenvalue weighted by atomic mass is 10.2. The molecule has 1 rings (SSSR count). The quantitative estimate of drug-likeness (QED) is 0.778. The number of hydrogen-bond donors (Lipinski definition) is 1. The summed E-state index contributed by atoms with van der Waals surface area (Å²) >= 11 is 0. The maximum atomic E-state index is 12.4. The first kappa shape index (κ1) is 9.88. The minimum atomic E-state index is -3.61. The van der Waals surface area contributed by atoms with Crippen LogP contribution in [0.15, 0.2) is 29.7 Å². The Morgan fingerprint density at radius 1 is 1.23 bits per heavy atom. The van der Waals surface area contributed by atoms with E-state index < -0.39 is 10.0 Å². The molecule has 1 aromatic carbocycles. The van der Waals surface area contributed by atoms with Crippen LogP contribution in [0.5, 0.6) is 0 Å². The third kappa shape index (κ3) is 3.82. The number of primary sulfonamides is 1. The van der Waals surface area contributed by atoms with Crippen LogP contribution in [0.4, 0.5) is 4.39 Å². The maximum absolute atomic E-state index is 12.4. The van der Waals surface area contributed by atoms with E-state index >= 15 is 0 Å². The third-order valence-corrected chi connectivity index (χ3v) is 1.84. The Morgan fingerprint density at radius 3 is 2.23 bits per heavy atom. The summed E-state index contributed by atoms with van der Waals surface area (Å²) in [7, 11) is -3.61. The van der Waals surface area contributed by atoms with Crippen LogP contribution in [0.2, 0.25) is 0 Å². The molecule has 0 aliphatic rings. The number of hydrogen-bond acceptors (Lipinski definition) is 2. The minimum absolute atomic E-state index is 0.368. The van der Waals surface area contributed by atoms with Crippen LogP contribution in [0.3, 0.4) is 0 Å². The van der Waals surface area contributed by atoms with Crippen LogP contribution < -0.4 is 5.14 Å². The van der Waals surface area contributed by atoms with E-state index in [2.05, 4.69) is 0 Å². The fraction of sp³-hybridized carbons (Fsp3) is 0. The lowest BCUT2D eigenvalue weighted by Crippen LogP contribution is -2.06. The van der Waals surface area contributed by atoms with Gasteiger partial charge in [-0.3, -0.25) is 0 Å². The van der Waals surface area contributed by atoms with Crippen molar-refractivity contribution in [3.05, 3.63) is 41.1 Å². The smallest absolute Gasteiger partial charge is 0.225 e. The third-order valence-electron chi connectivity index (χ3n) is 1.32. The van der Waals surface area contributed by atoms with Gasteiger partial charge in [-0.2, -0.15) is 0 Å². The van der Waals surface area contributed by atoms with Crippen LogP contribution in [-0.2, 0) is 10.0 Å². The molecule has 0 spiro atoms. The molecular formula is C8H8FNO2S. The number of halogens is 1. The lowest BCUT2D eigenvalue weighted by molar-refractivity contribution is 0.606. The Kier molecular flexibility index (Phi) is 2.79. The van der Waals surface area contributed by atoms with Crippen molar-refractivity contribution in [3.63, 3.8) is 0 Å². The van der Waals surface area contributed by atoms with Crippen LogP contribution in [0, 0.1) is 5.82 Å². The predicted octanol–water partition coefficient (Wildman–Crippen LogP) is 1.08. The van der Waals surface area contributed by atoms with Gasteiger partial charge in [0.05, 0.1) is 0 Å². The fourth-order valence-corrected chi connectivity index (χ4v) is 1.09. The van der Waals surface area contributed by atoms with Gasteiger partial charge in [0, 0.05) is 5.41 Å². The molecule has 0 heterocycles. The number of sulfonamides is 1. The molecule has 0 aromatic heterocycles. The highest BCUT2D eigenvalue weighted by molar-refractivity contribution is 7.92. The maximum Gasteiger partial charge on any atom is 0.231 e. The Bertz CT molecular complexity index is 408. The molecule has 0 unspecified atom stereocenters. The molecule has 0 aliphatic carbocycles. The Labute approximate surface area is 75.7 Å². The van der Waals surface area contributed by atoms with Crippen LogP contribution in [0.25, 0.3) is 6.08 Å². The summed E-state index contributed by atoms with van der Waals surface area (Å²) in [4.78, 5) is 0. The van der Waals surface area contributed by atoms with E-state index in [0.717, 1.165) is 5.41 Å². The molecule has 5 heteroatoms. The van der Waals surface area contributed by atoms with E-state index in [1.807, 2.05) is 0 Å². The SMILES string of the molecule is NS(=O)(=O)/C=C/c1ccc(F)cc1. The van der Waals surface area contributed by atoms with E-state index in [4.69, 9.17) is 5.14 Å². The van der Waals surface area contributed by atoms with Gasteiger partial charge < -0.3 is 0 Å². The summed E-state index contributed by atoms with van der Waals surface area (Å²) in [6, 6.07) is 5.39. The van der Waals surface area contributed by atoms with Gasteiger partial charge in [-0.05, 0) is 23.8 Å².